The Morgan fingerprint density at radius 1 is 1.29 bits per heavy atom. The van der Waals surface area contributed by atoms with Crippen molar-refractivity contribution in [2.24, 2.45) is 0 Å². The second-order valence-electron chi connectivity index (χ2n) is 6.02. The van der Waals surface area contributed by atoms with Crippen LogP contribution in [0.3, 0.4) is 0 Å². The minimum Gasteiger partial charge on any atom is -0.285 e. The van der Waals surface area contributed by atoms with Gasteiger partial charge in [-0.3, -0.25) is 9.97 Å². The number of H-pyrrole nitrogens is 1. The van der Waals surface area contributed by atoms with Crippen molar-refractivity contribution in [3.8, 4) is 34.9 Å². The van der Waals surface area contributed by atoms with Crippen LogP contribution in [0.4, 0.5) is 0 Å². The number of aromatic amines is 1. The van der Waals surface area contributed by atoms with E-state index in [9.17, 15) is 4.79 Å². The largest absolute Gasteiger partial charge is 0.350 e. The zero-order chi connectivity index (χ0) is 19.7. The molecule has 0 aliphatic heterocycles. The van der Waals surface area contributed by atoms with Crippen LogP contribution >= 0.6 is 23.4 Å². The lowest BCUT2D eigenvalue weighted by Crippen LogP contribution is -2.19. The number of aryl methyl sites for hydroxylation is 1. The first-order valence-electron chi connectivity index (χ1n) is 8.35. The van der Waals surface area contributed by atoms with E-state index in [1.165, 1.54) is 16.3 Å². The highest BCUT2D eigenvalue weighted by molar-refractivity contribution is 7.99. The van der Waals surface area contributed by atoms with Crippen LogP contribution < -0.4 is 5.69 Å². The lowest BCUT2D eigenvalue weighted by molar-refractivity contribution is 0.788. The van der Waals surface area contributed by atoms with Crippen molar-refractivity contribution in [2.45, 2.75) is 12.1 Å². The molecular weight excluding hydrogens is 394 g/mol. The van der Waals surface area contributed by atoms with E-state index < -0.39 is 5.69 Å². The first-order chi connectivity index (χ1) is 13.6. The first kappa shape index (κ1) is 18.3. The van der Waals surface area contributed by atoms with Gasteiger partial charge >= 0.3 is 5.69 Å². The minimum absolute atomic E-state index is 0.390. The molecule has 0 aliphatic carbocycles. The Bertz CT molecular complexity index is 1270. The number of hydrogen-bond donors (Lipinski definition) is 1. The van der Waals surface area contributed by atoms with Gasteiger partial charge in [0.1, 0.15) is 5.69 Å². The van der Waals surface area contributed by atoms with Gasteiger partial charge in [-0.05, 0) is 42.3 Å². The number of aromatic nitrogens is 5. The van der Waals surface area contributed by atoms with E-state index >= 15 is 0 Å². The molecule has 0 aliphatic rings. The number of rotatable bonds is 4. The molecular formula is C20H14ClN5OS. The monoisotopic (exact) mass is 407 g/mol. The summed E-state index contributed by atoms with van der Waals surface area (Å²) in [6, 6.07) is 11.1. The number of fused-ring (bicyclic) bond motifs is 1. The summed E-state index contributed by atoms with van der Waals surface area (Å²) in [4.78, 5) is 24.3. The van der Waals surface area contributed by atoms with Gasteiger partial charge in [0.25, 0.3) is 0 Å². The lowest BCUT2D eigenvalue weighted by atomic mass is 10.0. The second-order valence-corrected chi connectivity index (χ2v) is 7.42. The van der Waals surface area contributed by atoms with E-state index in [4.69, 9.17) is 18.0 Å². The number of hydrogen-bond acceptors (Lipinski definition) is 5. The summed E-state index contributed by atoms with van der Waals surface area (Å²) in [6.45, 7) is 1.97. The molecule has 3 heterocycles. The van der Waals surface area contributed by atoms with Crippen molar-refractivity contribution in [3.05, 3.63) is 63.7 Å². The third-order valence-electron chi connectivity index (χ3n) is 4.06. The number of halogens is 1. The number of terminal acetylenes is 1. The van der Waals surface area contributed by atoms with Crippen molar-refractivity contribution in [2.75, 3.05) is 5.75 Å². The van der Waals surface area contributed by atoms with Crippen molar-refractivity contribution >= 4 is 29.0 Å². The zero-order valence-electron chi connectivity index (χ0n) is 14.8. The fraction of sp³-hybridized carbons (Fsp3) is 0.100. The quantitative estimate of drug-likeness (QED) is 0.411. The van der Waals surface area contributed by atoms with E-state index in [2.05, 4.69) is 26.0 Å². The number of nitrogens with one attached hydrogen (secondary N) is 1. The lowest BCUT2D eigenvalue weighted by Gasteiger charge is -2.04. The van der Waals surface area contributed by atoms with Crippen LogP contribution in [-0.2, 0) is 0 Å². The summed E-state index contributed by atoms with van der Waals surface area (Å²) < 4.78 is 1.25. The van der Waals surface area contributed by atoms with Crippen LogP contribution in [-0.4, -0.2) is 30.3 Å². The molecule has 4 aromatic rings. The van der Waals surface area contributed by atoms with Crippen molar-refractivity contribution < 1.29 is 0 Å². The third kappa shape index (κ3) is 3.40. The van der Waals surface area contributed by atoms with Gasteiger partial charge in [-0.2, -0.15) is 9.61 Å². The molecule has 1 N–H and O–H groups in total. The van der Waals surface area contributed by atoms with Crippen LogP contribution in [0.15, 0.2) is 52.5 Å². The van der Waals surface area contributed by atoms with E-state index in [1.807, 2.05) is 31.2 Å². The van der Waals surface area contributed by atoms with Crippen LogP contribution in [0.1, 0.15) is 5.56 Å². The number of pyridine rings is 1. The maximum absolute atomic E-state index is 12.6. The summed E-state index contributed by atoms with van der Waals surface area (Å²) in [6.07, 6.45) is 7.04. The molecule has 0 spiro atoms. The molecule has 0 radical (unpaired) electrons. The molecule has 0 unspecified atom stereocenters. The predicted octanol–water partition coefficient (Wildman–Crippen LogP) is 3.83. The van der Waals surface area contributed by atoms with Gasteiger partial charge in [-0.1, -0.05) is 41.4 Å². The van der Waals surface area contributed by atoms with Crippen molar-refractivity contribution in [3.63, 3.8) is 0 Å². The topological polar surface area (TPSA) is 75.9 Å². The minimum atomic E-state index is -0.390. The normalized spacial score (nSPS) is 10.9. The fourth-order valence-corrected chi connectivity index (χ4v) is 3.48. The fourth-order valence-electron chi connectivity index (χ4n) is 2.83. The molecule has 6 nitrogen and oxygen atoms in total. The molecule has 0 atom stereocenters. The van der Waals surface area contributed by atoms with E-state index in [0.717, 1.165) is 11.1 Å². The summed E-state index contributed by atoms with van der Waals surface area (Å²) >= 11 is 7.33. The maximum Gasteiger partial charge on any atom is 0.350 e. The number of thioether (sulfide) groups is 1. The van der Waals surface area contributed by atoms with Crippen LogP contribution in [0.2, 0.25) is 5.02 Å². The van der Waals surface area contributed by atoms with Gasteiger partial charge in [0, 0.05) is 11.2 Å². The van der Waals surface area contributed by atoms with Crippen molar-refractivity contribution in [1.82, 2.24) is 24.6 Å². The average molecular weight is 408 g/mol. The average Bonchev–Trinajstić information content (AvgIpc) is 3.07. The Balaban J connectivity index is 2.04. The zero-order valence-corrected chi connectivity index (χ0v) is 16.4. The molecule has 0 amide bonds. The summed E-state index contributed by atoms with van der Waals surface area (Å²) in [7, 11) is 0. The Labute approximate surface area is 170 Å². The van der Waals surface area contributed by atoms with Crippen LogP contribution in [0.5, 0.6) is 0 Å². The standard InChI is InChI=1S/C20H14ClN5OS/c1-3-10-28-19-23-18-16(13-4-6-14(21)7-5-13)17(25-26(18)20(27)24-19)15-11-12(2)8-9-22-15/h1,4-9,11H,10H2,2H3,(H,23,24,27). The van der Waals surface area contributed by atoms with Gasteiger partial charge in [0.05, 0.1) is 17.0 Å². The van der Waals surface area contributed by atoms with Gasteiger partial charge < -0.3 is 0 Å². The molecule has 4 rings (SSSR count). The Morgan fingerprint density at radius 2 is 2.07 bits per heavy atom. The molecule has 1 aromatic carbocycles. The summed E-state index contributed by atoms with van der Waals surface area (Å²) in [5, 5.41) is 5.57. The van der Waals surface area contributed by atoms with Crippen molar-refractivity contribution in [1.29, 1.82) is 0 Å². The number of benzene rings is 1. The Hall–Kier alpha value is -3.08. The third-order valence-corrected chi connectivity index (χ3v) is 5.09. The molecule has 138 valence electrons. The summed E-state index contributed by atoms with van der Waals surface area (Å²) in [5.74, 6) is 2.93. The van der Waals surface area contributed by atoms with Crippen LogP contribution in [0.25, 0.3) is 28.2 Å². The molecule has 8 heteroatoms. The first-order valence-corrected chi connectivity index (χ1v) is 9.71. The smallest absolute Gasteiger partial charge is 0.285 e. The molecule has 28 heavy (non-hydrogen) atoms. The van der Waals surface area contributed by atoms with Gasteiger partial charge in [0.2, 0.25) is 0 Å². The Kier molecular flexibility index (Phi) is 4.90. The van der Waals surface area contributed by atoms with Gasteiger partial charge in [-0.15, -0.1) is 6.42 Å². The summed E-state index contributed by atoms with van der Waals surface area (Å²) in [5.41, 5.74) is 3.86. The number of nitrogens with zero attached hydrogens (tertiary/aromatic N) is 4. The van der Waals surface area contributed by atoms with Gasteiger partial charge in [0.15, 0.2) is 10.8 Å². The van der Waals surface area contributed by atoms with Gasteiger partial charge in [-0.25, -0.2) is 9.78 Å². The maximum atomic E-state index is 12.6. The van der Waals surface area contributed by atoms with E-state index in [0.29, 0.717) is 38.5 Å². The highest BCUT2D eigenvalue weighted by atomic mass is 35.5. The van der Waals surface area contributed by atoms with E-state index in [1.54, 1.807) is 18.3 Å². The molecule has 0 saturated heterocycles. The molecule has 3 aromatic heterocycles. The second kappa shape index (κ2) is 7.50. The molecule has 0 saturated carbocycles. The molecule has 0 fully saturated rings. The molecule has 0 bridgehead atoms. The highest BCUT2D eigenvalue weighted by Crippen LogP contribution is 2.34. The van der Waals surface area contributed by atoms with Crippen LogP contribution in [0, 0.1) is 19.3 Å². The Morgan fingerprint density at radius 3 is 2.79 bits per heavy atom. The highest BCUT2D eigenvalue weighted by Gasteiger charge is 2.21. The van der Waals surface area contributed by atoms with E-state index in [-0.39, 0.29) is 0 Å². The SMILES string of the molecule is C#CCSc1nc2c(-c3ccc(Cl)cc3)c(-c3cc(C)ccn3)nn2c(=O)[nH]1. The predicted molar refractivity (Wildman–Crippen MR) is 112 cm³/mol.